The zero-order valence-electron chi connectivity index (χ0n) is 10.2. The van der Waals surface area contributed by atoms with E-state index < -0.39 is 0 Å². The lowest BCUT2D eigenvalue weighted by Crippen LogP contribution is -1.81. The SMILES string of the molecule is c1ccc2oc(-c3cncc4ccccc34)cc2c1. The summed E-state index contributed by atoms with van der Waals surface area (Å²) in [6.45, 7) is 0. The molecule has 0 atom stereocenters. The first-order chi connectivity index (χ1) is 9.42. The summed E-state index contributed by atoms with van der Waals surface area (Å²) in [5, 5.41) is 3.41. The third kappa shape index (κ3) is 1.61. The van der Waals surface area contributed by atoms with Crippen LogP contribution in [0.25, 0.3) is 33.1 Å². The highest BCUT2D eigenvalue weighted by Crippen LogP contribution is 2.31. The minimum Gasteiger partial charge on any atom is -0.456 e. The molecule has 0 radical (unpaired) electrons. The minimum atomic E-state index is 0.866. The van der Waals surface area contributed by atoms with Gasteiger partial charge in [-0.2, -0.15) is 0 Å². The summed E-state index contributed by atoms with van der Waals surface area (Å²) >= 11 is 0. The molecular weight excluding hydrogens is 234 g/mol. The molecule has 0 amide bonds. The van der Waals surface area contributed by atoms with Gasteiger partial charge in [0.2, 0.25) is 0 Å². The Morgan fingerprint density at radius 3 is 2.47 bits per heavy atom. The molecule has 2 heterocycles. The Kier molecular flexibility index (Phi) is 2.15. The van der Waals surface area contributed by atoms with Crippen molar-refractivity contribution in [3.63, 3.8) is 0 Å². The third-order valence-electron chi connectivity index (χ3n) is 3.36. The first-order valence-electron chi connectivity index (χ1n) is 6.23. The van der Waals surface area contributed by atoms with Crippen molar-refractivity contribution >= 4 is 21.7 Å². The minimum absolute atomic E-state index is 0.866. The second-order valence-electron chi connectivity index (χ2n) is 4.56. The van der Waals surface area contributed by atoms with E-state index in [0.29, 0.717) is 0 Å². The lowest BCUT2D eigenvalue weighted by atomic mass is 10.1. The lowest BCUT2D eigenvalue weighted by Gasteiger charge is -2.02. The first kappa shape index (κ1) is 10.3. The Morgan fingerprint density at radius 1 is 0.789 bits per heavy atom. The molecule has 2 nitrogen and oxygen atoms in total. The molecule has 0 N–H and O–H groups in total. The molecule has 4 rings (SSSR count). The predicted molar refractivity (Wildman–Crippen MR) is 77.0 cm³/mol. The topological polar surface area (TPSA) is 26.0 Å². The molecule has 2 aromatic carbocycles. The smallest absolute Gasteiger partial charge is 0.137 e. The molecule has 0 aliphatic carbocycles. The predicted octanol–water partition coefficient (Wildman–Crippen LogP) is 4.65. The van der Waals surface area contributed by atoms with Gasteiger partial charge in [0.25, 0.3) is 0 Å². The Labute approximate surface area is 110 Å². The summed E-state index contributed by atoms with van der Waals surface area (Å²) in [4.78, 5) is 4.30. The van der Waals surface area contributed by atoms with Crippen molar-refractivity contribution in [2.45, 2.75) is 0 Å². The zero-order chi connectivity index (χ0) is 12.7. The van der Waals surface area contributed by atoms with Crippen molar-refractivity contribution in [3.8, 4) is 11.3 Å². The van der Waals surface area contributed by atoms with Gasteiger partial charge in [-0.05, 0) is 17.5 Å². The Morgan fingerprint density at radius 2 is 1.58 bits per heavy atom. The molecule has 2 aromatic heterocycles. The normalized spacial score (nSPS) is 11.2. The van der Waals surface area contributed by atoms with Crippen LogP contribution in [0.5, 0.6) is 0 Å². The molecule has 0 aliphatic rings. The number of hydrogen-bond donors (Lipinski definition) is 0. The van der Waals surface area contributed by atoms with Crippen LogP contribution in [0.4, 0.5) is 0 Å². The molecule has 2 heteroatoms. The van der Waals surface area contributed by atoms with Gasteiger partial charge in [-0.15, -0.1) is 0 Å². The second kappa shape index (κ2) is 3.95. The van der Waals surface area contributed by atoms with Crippen LogP contribution in [-0.4, -0.2) is 4.98 Å². The van der Waals surface area contributed by atoms with Crippen LogP contribution in [0.2, 0.25) is 0 Å². The van der Waals surface area contributed by atoms with Crippen LogP contribution in [0, 0.1) is 0 Å². The molecule has 19 heavy (non-hydrogen) atoms. The van der Waals surface area contributed by atoms with E-state index in [-0.39, 0.29) is 0 Å². The molecule has 0 saturated heterocycles. The van der Waals surface area contributed by atoms with E-state index in [2.05, 4.69) is 29.2 Å². The van der Waals surface area contributed by atoms with Crippen molar-refractivity contribution in [2.75, 3.05) is 0 Å². The summed E-state index contributed by atoms with van der Waals surface area (Å²) in [6.07, 6.45) is 3.74. The van der Waals surface area contributed by atoms with Gasteiger partial charge in [0.1, 0.15) is 11.3 Å². The van der Waals surface area contributed by atoms with Crippen LogP contribution < -0.4 is 0 Å². The quantitative estimate of drug-likeness (QED) is 0.488. The van der Waals surface area contributed by atoms with Crippen LogP contribution in [0.3, 0.4) is 0 Å². The maximum Gasteiger partial charge on any atom is 0.137 e. The number of furan rings is 1. The van der Waals surface area contributed by atoms with Crippen molar-refractivity contribution < 1.29 is 4.42 Å². The summed E-state index contributed by atoms with van der Waals surface area (Å²) in [5.41, 5.74) is 1.94. The largest absolute Gasteiger partial charge is 0.456 e. The van der Waals surface area contributed by atoms with Crippen molar-refractivity contribution in [3.05, 3.63) is 67.0 Å². The van der Waals surface area contributed by atoms with Gasteiger partial charge in [-0.1, -0.05) is 42.5 Å². The van der Waals surface area contributed by atoms with Gasteiger partial charge < -0.3 is 4.42 Å². The van der Waals surface area contributed by atoms with Gasteiger partial charge in [0.15, 0.2) is 0 Å². The Bertz CT molecular complexity index is 838. The number of fused-ring (bicyclic) bond motifs is 2. The van der Waals surface area contributed by atoms with E-state index in [1.54, 1.807) is 0 Å². The number of rotatable bonds is 1. The molecule has 0 aliphatic heterocycles. The molecule has 4 aromatic rings. The van der Waals surface area contributed by atoms with E-state index in [4.69, 9.17) is 4.42 Å². The highest BCUT2D eigenvalue weighted by atomic mass is 16.3. The van der Waals surface area contributed by atoms with Gasteiger partial charge in [0.05, 0.1) is 0 Å². The number of aromatic nitrogens is 1. The molecule has 0 bridgehead atoms. The molecule has 0 unspecified atom stereocenters. The average Bonchev–Trinajstić information content (AvgIpc) is 2.90. The van der Waals surface area contributed by atoms with E-state index in [1.165, 1.54) is 0 Å². The van der Waals surface area contributed by atoms with Crippen molar-refractivity contribution in [1.29, 1.82) is 0 Å². The van der Waals surface area contributed by atoms with Gasteiger partial charge in [0, 0.05) is 28.7 Å². The van der Waals surface area contributed by atoms with Crippen LogP contribution >= 0.6 is 0 Å². The second-order valence-corrected chi connectivity index (χ2v) is 4.56. The number of para-hydroxylation sites is 1. The van der Waals surface area contributed by atoms with Crippen molar-refractivity contribution in [1.82, 2.24) is 4.98 Å². The fourth-order valence-corrected chi connectivity index (χ4v) is 2.43. The molecule has 0 saturated carbocycles. The zero-order valence-corrected chi connectivity index (χ0v) is 10.2. The Balaban J connectivity index is 2.03. The number of hydrogen-bond acceptors (Lipinski definition) is 2. The van der Waals surface area contributed by atoms with E-state index in [0.717, 1.165) is 33.1 Å². The van der Waals surface area contributed by atoms with Gasteiger partial charge in [-0.3, -0.25) is 4.98 Å². The van der Waals surface area contributed by atoms with Crippen molar-refractivity contribution in [2.24, 2.45) is 0 Å². The fourth-order valence-electron chi connectivity index (χ4n) is 2.43. The lowest BCUT2D eigenvalue weighted by molar-refractivity contribution is 0.632. The summed E-state index contributed by atoms with van der Waals surface area (Å²) < 4.78 is 5.92. The average molecular weight is 245 g/mol. The molecule has 90 valence electrons. The number of pyridine rings is 1. The summed E-state index contributed by atoms with van der Waals surface area (Å²) in [6, 6.07) is 18.3. The summed E-state index contributed by atoms with van der Waals surface area (Å²) in [7, 11) is 0. The molecule has 0 spiro atoms. The highest BCUT2D eigenvalue weighted by molar-refractivity contribution is 5.96. The Hall–Kier alpha value is -2.61. The number of benzene rings is 2. The fraction of sp³-hybridized carbons (Fsp3) is 0. The van der Waals surface area contributed by atoms with Gasteiger partial charge in [-0.25, -0.2) is 0 Å². The maximum absolute atomic E-state index is 5.92. The van der Waals surface area contributed by atoms with E-state index in [1.807, 2.05) is 42.7 Å². The number of nitrogens with zero attached hydrogens (tertiary/aromatic N) is 1. The van der Waals surface area contributed by atoms with E-state index in [9.17, 15) is 0 Å². The summed E-state index contributed by atoms with van der Waals surface area (Å²) in [5.74, 6) is 0.866. The van der Waals surface area contributed by atoms with E-state index >= 15 is 0 Å². The maximum atomic E-state index is 5.92. The van der Waals surface area contributed by atoms with Crippen LogP contribution in [0.15, 0.2) is 71.4 Å². The molecular formula is C17H11NO. The van der Waals surface area contributed by atoms with Crippen LogP contribution in [-0.2, 0) is 0 Å². The van der Waals surface area contributed by atoms with Crippen LogP contribution in [0.1, 0.15) is 0 Å². The third-order valence-corrected chi connectivity index (χ3v) is 3.36. The van der Waals surface area contributed by atoms with Gasteiger partial charge >= 0.3 is 0 Å². The highest BCUT2D eigenvalue weighted by Gasteiger charge is 2.09. The monoisotopic (exact) mass is 245 g/mol. The first-order valence-corrected chi connectivity index (χ1v) is 6.23. The molecule has 0 fully saturated rings. The standard InChI is InChI=1S/C17H11NO/c1-3-7-14-13(6-1)10-18-11-15(14)17-9-12-5-2-4-8-16(12)19-17/h1-11H.